The third-order valence-electron chi connectivity index (χ3n) is 2.63. The van der Waals surface area contributed by atoms with Gasteiger partial charge in [0.2, 0.25) is 0 Å². The molecule has 4 heteroatoms. The Morgan fingerprint density at radius 3 is 2.58 bits per heavy atom. The Kier molecular flexibility index (Phi) is 4.50. The second-order valence-electron chi connectivity index (χ2n) is 4.17. The van der Waals surface area contributed by atoms with Gasteiger partial charge in [0.25, 0.3) is 5.91 Å². The standard InChI is InChI=1S/C15H17N3O/c1-2-10-16-13-8-6-12(7-9-13)15(19)18-14-5-3-4-11-17-14/h3-9,11,16H,2,10H2,1H3,(H,17,18,19). The van der Waals surface area contributed by atoms with Crippen LogP contribution in [-0.2, 0) is 0 Å². The first-order chi connectivity index (χ1) is 9.29. The summed E-state index contributed by atoms with van der Waals surface area (Å²) in [5, 5.41) is 6.02. The lowest BCUT2D eigenvalue weighted by Crippen LogP contribution is -2.12. The highest BCUT2D eigenvalue weighted by molar-refractivity contribution is 6.03. The van der Waals surface area contributed by atoms with E-state index < -0.39 is 0 Å². The monoisotopic (exact) mass is 255 g/mol. The Morgan fingerprint density at radius 1 is 1.16 bits per heavy atom. The summed E-state index contributed by atoms with van der Waals surface area (Å²) in [7, 11) is 0. The van der Waals surface area contributed by atoms with Gasteiger partial charge in [-0.3, -0.25) is 4.79 Å². The maximum absolute atomic E-state index is 12.0. The molecule has 0 radical (unpaired) electrons. The van der Waals surface area contributed by atoms with Crippen LogP contribution in [0.3, 0.4) is 0 Å². The van der Waals surface area contributed by atoms with Crippen molar-refractivity contribution in [1.82, 2.24) is 4.98 Å². The van der Waals surface area contributed by atoms with Crippen LogP contribution in [0.1, 0.15) is 23.7 Å². The van der Waals surface area contributed by atoms with Crippen LogP contribution in [-0.4, -0.2) is 17.4 Å². The van der Waals surface area contributed by atoms with Crippen molar-refractivity contribution in [3.05, 3.63) is 54.2 Å². The number of carbonyl (C=O) groups is 1. The molecule has 2 aromatic rings. The summed E-state index contributed by atoms with van der Waals surface area (Å²) < 4.78 is 0. The van der Waals surface area contributed by atoms with Crippen LogP contribution in [0.2, 0.25) is 0 Å². The number of pyridine rings is 1. The fourth-order valence-corrected chi connectivity index (χ4v) is 1.63. The molecule has 0 saturated carbocycles. The van der Waals surface area contributed by atoms with Crippen LogP contribution in [0.5, 0.6) is 0 Å². The molecule has 0 unspecified atom stereocenters. The van der Waals surface area contributed by atoms with Gasteiger partial charge in [-0.25, -0.2) is 4.98 Å². The molecule has 1 heterocycles. The van der Waals surface area contributed by atoms with E-state index in [0.717, 1.165) is 18.7 Å². The molecule has 0 spiro atoms. The predicted octanol–water partition coefficient (Wildman–Crippen LogP) is 3.16. The maximum Gasteiger partial charge on any atom is 0.256 e. The van der Waals surface area contributed by atoms with E-state index in [0.29, 0.717) is 11.4 Å². The molecular formula is C15H17N3O. The number of nitrogens with one attached hydrogen (secondary N) is 2. The van der Waals surface area contributed by atoms with Gasteiger partial charge in [0.1, 0.15) is 5.82 Å². The first kappa shape index (κ1) is 13.1. The van der Waals surface area contributed by atoms with E-state index >= 15 is 0 Å². The minimum Gasteiger partial charge on any atom is -0.385 e. The zero-order valence-electron chi connectivity index (χ0n) is 10.9. The van der Waals surface area contributed by atoms with Crippen molar-refractivity contribution < 1.29 is 4.79 Å². The molecule has 0 bridgehead atoms. The molecule has 0 saturated heterocycles. The Hall–Kier alpha value is -2.36. The minimum absolute atomic E-state index is 0.152. The largest absolute Gasteiger partial charge is 0.385 e. The Morgan fingerprint density at radius 2 is 1.95 bits per heavy atom. The summed E-state index contributed by atoms with van der Waals surface area (Å²) in [4.78, 5) is 16.0. The third kappa shape index (κ3) is 3.81. The van der Waals surface area contributed by atoms with E-state index in [1.807, 2.05) is 24.3 Å². The van der Waals surface area contributed by atoms with Crippen molar-refractivity contribution in [2.24, 2.45) is 0 Å². The highest BCUT2D eigenvalue weighted by atomic mass is 16.1. The molecule has 98 valence electrons. The molecule has 1 aromatic heterocycles. The van der Waals surface area contributed by atoms with Gasteiger partial charge in [-0.2, -0.15) is 0 Å². The van der Waals surface area contributed by atoms with Crippen LogP contribution >= 0.6 is 0 Å². The summed E-state index contributed by atoms with van der Waals surface area (Å²) >= 11 is 0. The molecule has 0 aliphatic heterocycles. The smallest absolute Gasteiger partial charge is 0.256 e. The molecule has 1 amide bonds. The first-order valence-electron chi connectivity index (χ1n) is 6.36. The Labute approximate surface area is 112 Å². The molecule has 0 aliphatic rings. The zero-order chi connectivity index (χ0) is 13.5. The average Bonchev–Trinajstić information content (AvgIpc) is 2.46. The van der Waals surface area contributed by atoms with Crippen LogP contribution in [0.25, 0.3) is 0 Å². The van der Waals surface area contributed by atoms with Crippen molar-refractivity contribution in [2.45, 2.75) is 13.3 Å². The van der Waals surface area contributed by atoms with Gasteiger partial charge in [-0.05, 0) is 42.8 Å². The van der Waals surface area contributed by atoms with E-state index in [4.69, 9.17) is 0 Å². The second kappa shape index (κ2) is 6.54. The highest BCUT2D eigenvalue weighted by Crippen LogP contribution is 2.11. The Balaban J connectivity index is 1.99. The number of anilines is 2. The van der Waals surface area contributed by atoms with Crippen molar-refractivity contribution >= 4 is 17.4 Å². The van der Waals surface area contributed by atoms with Gasteiger partial charge in [-0.15, -0.1) is 0 Å². The van der Waals surface area contributed by atoms with E-state index in [1.54, 1.807) is 24.4 Å². The summed E-state index contributed by atoms with van der Waals surface area (Å²) in [6.45, 7) is 3.04. The summed E-state index contributed by atoms with van der Waals surface area (Å²) in [6, 6.07) is 12.8. The topological polar surface area (TPSA) is 54.0 Å². The molecule has 1 aromatic carbocycles. The number of amides is 1. The quantitative estimate of drug-likeness (QED) is 0.863. The summed E-state index contributed by atoms with van der Waals surface area (Å²) in [5.41, 5.74) is 1.64. The molecule has 4 nitrogen and oxygen atoms in total. The number of hydrogen-bond acceptors (Lipinski definition) is 3. The number of benzene rings is 1. The molecule has 0 aliphatic carbocycles. The molecule has 2 rings (SSSR count). The summed E-state index contributed by atoms with van der Waals surface area (Å²) in [6.07, 6.45) is 2.72. The van der Waals surface area contributed by atoms with Gasteiger partial charge in [-0.1, -0.05) is 13.0 Å². The van der Waals surface area contributed by atoms with Gasteiger partial charge in [0, 0.05) is 24.0 Å². The first-order valence-corrected chi connectivity index (χ1v) is 6.36. The number of nitrogens with zero attached hydrogens (tertiary/aromatic N) is 1. The average molecular weight is 255 g/mol. The van der Waals surface area contributed by atoms with Crippen LogP contribution in [0.4, 0.5) is 11.5 Å². The maximum atomic E-state index is 12.0. The molecule has 0 fully saturated rings. The number of rotatable bonds is 5. The molecule has 2 N–H and O–H groups in total. The van der Waals surface area contributed by atoms with E-state index in [1.165, 1.54) is 0 Å². The highest BCUT2D eigenvalue weighted by Gasteiger charge is 2.05. The van der Waals surface area contributed by atoms with Crippen LogP contribution in [0, 0.1) is 0 Å². The SMILES string of the molecule is CCCNc1ccc(C(=O)Nc2ccccn2)cc1. The van der Waals surface area contributed by atoms with Gasteiger partial charge < -0.3 is 10.6 Å². The van der Waals surface area contributed by atoms with Crippen molar-refractivity contribution in [1.29, 1.82) is 0 Å². The molecule has 0 atom stereocenters. The molecule has 19 heavy (non-hydrogen) atoms. The van der Waals surface area contributed by atoms with Crippen molar-refractivity contribution in [3.63, 3.8) is 0 Å². The lowest BCUT2D eigenvalue weighted by atomic mass is 10.2. The summed E-state index contributed by atoms with van der Waals surface area (Å²) in [5.74, 6) is 0.404. The number of hydrogen-bond donors (Lipinski definition) is 2. The van der Waals surface area contributed by atoms with Crippen molar-refractivity contribution in [3.8, 4) is 0 Å². The fraction of sp³-hybridized carbons (Fsp3) is 0.200. The fourth-order valence-electron chi connectivity index (χ4n) is 1.63. The van der Waals surface area contributed by atoms with E-state index in [-0.39, 0.29) is 5.91 Å². The van der Waals surface area contributed by atoms with Gasteiger partial charge >= 0.3 is 0 Å². The second-order valence-corrected chi connectivity index (χ2v) is 4.17. The van der Waals surface area contributed by atoms with E-state index in [9.17, 15) is 4.79 Å². The third-order valence-corrected chi connectivity index (χ3v) is 2.63. The van der Waals surface area contributed by atoms with Crippen LogP contribution in [0.15, 0.2) is 48.7 Å². The number of carbonyl (C=O) groups excluding carboxylic acids is 1. The van der Waals surface area contributed by atoms with E-state index in [2.05, 4.69) is 22.5 Å². The zero-order valence-corrected chi connectivity index (χ0v) is 10.9. The van der Waals surface area contributed by atoms with Gasteiger partial charge in [0.05, 0.1) is 0 Å². The minimum atomic E-state index is -0.152. The predicted molar refractivity (Wildman–Crippen MR) is 77.4 cm³/mol. The number of aromatic nitrogens is 1. The lowest BCUT2D eigenvalue weighted by molar-refractivity contribution is 0.102. The van der Waals surface area contributed by atoms with Crippen LogP contribution < -0.4 is 10.6 Å². The molecular weight excluding hydrogens is 238 g/mol. The van der Waals surface area contributed by atoms with Crippen molar-refractivity contribution in [2.75, 3.05) is 17.2 Å². The Bertz CT molecular complexity index is 523. The lowest BCUT2D eigenvalue weighted by Gasteiger charge is -2.07. The normalized spacial score (nSPS) is 9.95. The van der Waals surface area contributed by atoms with Gasteiger partial charge in [0.15, 0.2) is 0 Å².